The number of carbonyl (C=O) groups is 1. The van der Waals surface area contributed by atoms with Crippen LogP contribution in [-0.2, 0) is 9.53 Å². The Hall–Kier alpha value is -1.13. The first kappa shape index (κ1) is 18.7. The topological polar surface area (TPSA) is 47.9 Å². The number of hydrogen-bond donors (Lipinski definition) is 0. The Morgan fingerprint density at radius 2 is 1.96 bits per heavy atom. The second-order valence-electron chi connectivity index (χ2n) is 5.09. The SMILES string of the molecule is CCOc1c(I)cc(/C=C2\N=C(c3cccc(Cl)c3)OC2=O)cc1I. The van der Waals surface area contributed by atoms with Crippen LogP contribution in [0.25, 0.3) is 6.08 Å². The van der Waals surface area contributed by atoms with Crippen molar-refractivity contribution in [1.29, 1.82) is 0 Å². The molecule has 1 heterocycles. The Morgan fingerprint density at radius 1 is 1.24 bits per heavy atom. The van der Waals surface area contributed by atoms with Crippen LogP contribution in [0.2, 0.25) is 5.02 Å². The van der Waals surface area contributed by atoms with E-state index in [1.165, 1.54) is 0 Å². The molecule has 7 heteroatoms. The molecule has 25 heavy (non-hydrogen) atoms. The van der Waals surface area contributed by atoms with E-state index in [2.05, 4.69) is 50.2 Å². The molecule has 1 aliphatic rings. The third-order valence-corrected chi connectivity index (χ3v) is 5.14. The van der Waals surface area contributed by atoms with Gasteiger partial charge in [-0.2, -0.15) is 0 Å². The van der Waals surface area contributed by atoms with Crippen molar-refractivity contribution in [3.05, 3.63) is 65.4 Å². The number of cyclic esters (lactones) is 1. The number of esters is 1. The van der Waals surface area contributed by atoms with Crippen LogP contribution in [0.4, 0.5) is 0 Å². The highest BCUT2D eigenvalue weighted by Crippen LogP contribution is 2.30. The van der Waals surface area contributed by atoms with Crippen LogP contribution in [0.1, 0.15) is 18.1 Å². The van der Waals surface area contributed by atoms with E-state index in [0.717, 1.165) is 18.5 Å². The number of hydrogen-bond acceptors (Lipinski definition) is 4. The van der Waals surface area contributed by atoms with Crippen molar-refractivity contribution in [2.24, 2.45) is 4.99 Å². The number of rotatable bonds is 4. The molecule has 0 unspecified atom stereocenters. The van der Waals surface area contributed by atoms with Crippen molar-refractivity contribution in [2.75, 3.05) is 6.61 Å². The number of aliphatic imine (C=N–C) groups is 1. The smallest absolute Gasteiger partial charge is 0.363 e. The lowest BCUT2D eigenvalue weighted by Gasteiger charge is -2.09. The van der Waals surface area contributed by atoms with E-state index >= 15 is 0 Å². The van der Waals surface area contributed by atoms with Crippen molar-refractivity contribution in [3.63, 3.8) is 0 Å². The third-order valence-electron chi connectivity index (χ3n) is 3.30. The maximum atomic E-state index is 12.1. The molecule has 0 atom stereocenters. The molecule has 0 N–H and O–H groups in total. The van der Waals surface area contributed by atoms with Gasteiger partial charge in [-0.05, 0) is 94.1 Å². The molecule has 0 saturated heterocycles. The van der Waals surface area contributed by atoms with Gasteiger partial charge >= 0.3 is 5.97 Å². The van der Waals surface area contributed by atoms with Crippen molar-refractivity contribution < 1.29 is 14.3 Å². The Balaban J connectivity index is 1.94. The maximum Gasteiger partial charge on any atom is 0.363 e. The Labute approximate surface area is 177 Å². The highest BCUT2D eigenvalue weighted by Gasteiger charge is 2.24. The Morgan fingerprint density at radius 3 is 2.60 bits per heavy atom. The van der Waals surface area contributed by atoms with E-state index in [0.29, 0.717) is 17.2 Å². The van der Waals surface area contributed by atoms with Crippen molar-refractivity contribution in [3.8, 4) is 5.75 Å². The quantitative estimate of drug-likeness (QED) is 0.281. The summed E-state index contributed by atoms with van der Waals surface area (Å²) in [6.07, 6.45) is 1.71. The van der Waals surface area contributed by atoms with Gasteiger partial charge in [0.1, 0.15) is 5.75 Å². The molecule has 128 valence electrons. The Bertz CT molecular complexity index is 886. The maximum absolute atomic E-state index is 12.1. The summed E-state index contributed by atoms with van der Waals surface area (Å²) in [5.74, 6) is 0.630. The van der Waals surface area contributed by atoms with Gasteiger partial charge in [0, 0.05) is 10.6 Å². The lowest BCUT2D eigenvalue weighted by atomic mass is 10.2. The van der Waals surface area contributed by atoms with Crippen LogP contribution in [0.3, 0.4) is 0 Å². The fraction of sp³-hybridized carbons (Fsp3) is 0.111. The second-order valence-corrected chi connectivity index (χ2v) is 7.85. The first-order chi connectivity index (χ1) is 12.0. The predicted octanol–water partition coefficient (Wildman–Crippen LogP) is 5.29. The van der Waals surface area contributed by atoms with Gasteiger partial charge in [0.2, 0.25) is 5.90 Å². The summed E-state index contributed by atoms with van der Waals surface area (Å²) in [5.41, 5.74) is 1.78. The molecule has 4 nitrogen and oxygen atoms in total. The zero-order valence-electron chi connectivity index (χ0n) is 13.1. The minimum absolute atomic E-state index is 0.255. The van der Waals surface area contributed by atoms with Gasteiger partial charge < -0.3 is 9.47 Å². The zero-order chi connectivity index (χ0) is 18.0. The van der Waals surface area contributed by atoms with Gasteiger partial charge in [0.25, 0.3) is 0 Å². The van der Waals surface area contributed by atoms with Crippen molar-refractivity contribution in [1.82, 2.24) is 0 Å². The monoisotopic (exact) mass is 579 g/mol. The minimum Gasteiger partial charge on any atom is -0.492 e. The number of benzene rings is 2. The molecular weight excluding hydrogens is 567 g/mol. The van der Waals surface area contributed by atoms with Crippen LogP contribution in [0.5, 0.6) is 5.75 Å². The highest BCUT2D eigenvalue weighted by atomic mass is 127. The summed E-state index contributed by atoms with van der Waals surface area (Å²) in [7, 11) is 0. The van der Waals surface area contributed by atoms with E-state index in [1.54, 1.807) is 30.3 Å². The van der Waals surface area contributed by atoms with Gasteiger partial charge in [-0.3, -0.25) is 0 Å². The number of carbonyl (C=O) groups excluding carboxylic acids is 1. The predicted molar refractivity (Wildman–Crippen MR) is 115 cm³/mol. The van der Waals surface area contributed by atoms with E-state index in [-0.39, 0.29) is 11.6 Å². The standard InChI is InChI=1S/C18H12ClI2NO3/c1-2-24-16-13(20)6-10(7-14(16)21)8-15-18(23)25-17(22-15)11-4-3-5-12(19)9-11/h3-9H,2H2,1H3/b15-8-. The minimum atomic E-state index is -0.478. The summed E-state index contributed by atoms with van der Waals surface area (Å²) >= 11 is 10.4. The van der Waals surface area contributed by atoms with E-state index in [9.17, 15) is 4.79 Å². The summed E-state index contributed by atoms with van der Waals surface area (Å²) < 4.78 is 12.8. The first-order valence-electron chi connectivity index (χ1n) is 7.38. The molecular formula is C18H12ClI2NO3. The molecule has 0 aliphatic carbocycles. The summed E-state index contributed by atoms with van der Waals surface area (Å²) in [6.45, 7) is 2.55. The molecule has 2 aromatic carbocycles. The lowest BCUT2D eigenvalue weighted by molar-refractivity contribution is -0.129. The zero-order valence-corrected chi connectivity index (χ0v) is 18.1. The fourth-order valence-electron chi connectivity index (χ4n) is 2.26. The van der Waals surface area contributed by atoms with Crippen LogP contribution in [0, 0.1) is 7.14 Å². The number of ether oxygens (including phenoxy) is 2. The highest BCUT2D eigenvalue weighted by molar-refractivity contribution is 14.1. The number of nitrogens with zero attached hydrogens (tertiary/aromatic N) is 1. The lowest BCUT2D eigenvalue weighted by Crippen LogP contribution is -2.05. The molecule has 0 radical (unpaired) electrons. The average Bonchev–Trinajstić information content (AvgIpc) is 2.92. The molecule has 1 aliphatic heterocycles. The number of halogens is 3. The molecule has 2 aromatic rings. The molecule has 0 amide bonds. The third kappa shape index (κ3) is 4.35. The molecule has 0 fully saturated rings. The van der Waals surface area contributed by atoms with E-state index < -0.39 is 5.97 Å². The van der Waals surface area contributed by atoms with Gasteiger partial charge in [0.15, 0.2) is 5.70 Å². The molecule has 0 aromatic heterocycles. The molecule has 0 bridgehead atoms. The van der Waals surface area contributed by atoms with Crippen molar-refractivity contribution >= 4 is 74.7 Å². The van der Waals surface area contributed by atoms with Gasteiger partial charge in [0.05, 0.1) is 13.7 Å². The summed E-state index contributed by atoms with van der Waals surface area (Å²) in [6, 6.07) is 10.9. The summed E-state index contributed by atoms with van der Waals surface area (Å²) in [5, 5.41) is 0.560. The molecule has 0 saturated carbocycles. The van der Waals surface area contributed by atoms with E-state index in [4.69, 9.17) is 21.1 Å². The van der Waals surface area contributed by atoms with Crippen LogP contribution in [-0.4, -0.2) is 18.5 Å². The normalized spacial score (nSPS) is 15.3. The summed E-state index contributed by atoms with van der Waals surface area (Å²) in [4.78, 5) is 16.4. The van der Waals surface area contributed by atoms with Gasteiger partial charge in [-0.1, -0.05) is 17.7 Å². The largest absolute Gasteiger partial charge is 0.492 e. The van der Waals surface area contributed by atoms with Crippen molar-refractivity contribution in [2.45, 2.75) is 6.92 Å². The van der Waals surface area contributed by atoms with E-state index in [1.807, 2.05) is 19.1 Å². The first-order valence-corrected chi connectivity index (χ1v) is 9.92. The van der Waals surface area contributed by atoms with Crippen LogP contribution in [0.15, 0.2) is 47.1 Å². The molecule has 0 spiro atoms. The second kappa shape index (κ2) is 8.05. The van der Waals surface area contributed by atoms with Gasteiger partial charge in [-0.25, -0.2) is 9.79 Å². The van der Waals surface area contributed by atoms with Gasteiger partial charge in [-0.15, -0.1) is 0 Å². The van der Waals surface area contributed by atoms with Crippen LogP contribution < -0.4 is 4.74 Å². The fourth-order valence-corrected chi connectivity index (χ4v) is 4.58. The Kier molecular flexibility index (Phi) is 6.00. The molecule has 3 rings (SSSR count). The average molecular weight is 580 g/mol. The van der Waals surface area contributed by atoms with Crippen LogP contribution >= 0.6 is 56.8 Å².